The van der Waals surface area contributed by atoms with Gasteiger partial charge in [0, 0.05) is 24.3 Å². The van der Waals surface area contributed by atoms with Crippen molar-refractivity contribution in [1.29, 1.82) is 0 Å². The number of amides is 4. The largest absolute Gasteiger partial charge is 0.339 e. The highest BCUT2D eigenvalue weighted by atomic mass is 16.2. The van der Waals surface area contributed by atoms with E-state index in [0.717, 1.165) is 31.5 Å². The quantitative estimate of drug-likeness (QED) is 0.504. The molecule has 2 aliphatic heterocycles. The lowest BCUT2D eigenvalue weighted by Gasteiger charge is -2.30. The molecule has 3 aliphatic rings. The Labute approximate surface area is 211 Å². The van der Waals surface area contributed by atoms with E-state index in [9.17, 15) is 19.2 Å². The van der Waals surface area contributed by atoms with Gasteiger partial charge in [-0.05, 0) is 68.9 Å². The molecular weight excluding hydrogens is 454 g/mol. The van der Waals surface area contributed by atoms with E-state index in [4.69, 9.17) is 0 Å². The summed E-state index contributed by atoms with van der Waals surface area (Å²) in [6.07, 6.45) is 5.11. The van der Waals surface area contributed by atoms with Crippen molar-refractivity contribution in [1.82, 2.24) is 4.90 Å². The highest BCUT2D eigenvalue weighted by molar-refractivity contribution is 6.25. The third-order valence-electron chi connectivity index (χ3n) is 7.65. The summed E-state index contributed by atoms with van der Waals surface area (Å²) in [6, 6.07) is 13.6. The highest BCUT2D eigenvalue weighted by Crippen LogP contribution is 2.40. The first kappa shape index (κ1) is 24.0. The molecule has 1 N–H and O–H groups in total. The first-order valence-electron chi connectivity index (χ1n) is 12.7. The summed E-state index contributed by atoms with van der Waals surface area (Å²) in [5, 5.41) is 2.86. The van der Waals surface area contributed by atoms with Gasteiger partial charge in [-0.2, -0.15) is 0 Å². The van der Waals surface area contributed by atoms with E-state index in [1.165, 1.54) is 4.90 Å². The Morgan fingerprint density at radius 2 is 1.67 bits per heavy atom. The Kier molecular flexibility index (Phi) is 6.48. The lowest BCUT2D eigenvalue weighted by atomic mass is 9.82. The van der Waals surface area contributed by atoms with Crippen molar-refractivity contribution in [2.24, 2.45) is 17.8 Å². The first-order chi connectivity index (χ1) is 17.3. The molecule has 0 bridgehead atoms. The zero-order valence-electron chi connectivity index (χ0n) is 20.7. The molecule has 7 heteroatoms. The standard InChI is InChI=1S/C29H31N3O4/c1-18-12-14-31(15-13-18)27(34)20-6-5-7-21(17-20)30-26(33)23-8-3-4-9-25(23)32-28(35)22-11-10-19(2)16-24(22)29(32)36/h3-10,17-18,22,24H,11-16H2,1-2H3,(H,30,33)/t22-,24+/m0/s1. The average Bonchev–Trinajstić information content (AvgIpc) is 3.13. The summed E-state index contributed by atoms with van der Waals surface area (Å²) >= 11 is 0. The predicted molar refractivity (Wildman–Crippen MR) is 138 cm³/mol. The molecule has 36 heavy (non-hydrogen) atoms. The van der Waals surface area contributed by atoms with Gasteiger partial charge in [0.2, 0.25) is 11.8 Å². The number of likely N-dealkylation sites (tertiary alicyclic amines) is 1. The van der Waals surface area contributed by atoms with Crippen molar-refractivity contribution in [3.05, 3.63) is 71.3 Å². The molecule has 2 atom stereocenters. The second-order valence-corrected chi connectivity index (χ2v) is 10.2. The SMILES string of the molecule is CC1=CC[C@@H]2C(=O)N(c3ccccc3C(=O)Nc3cccc(C(=O)N4CCC(C)CC4)c3)C(=O)[C@@H]2C1. The van der Waals surface area contributed by atoms with E-state index in [1.807, 2.05) is 17.9 Å². The van der Waals surface area contributed by atoms with Gasteiger partial charge in [0.25, 0.3) is 11.8 Å². The van der Waals surface area contributed by atoms with Crippen LogP contribution in [0.3, 0.4) is 0 Å². The Morgan fingerprint density at radius 1 is 0.944 bits per heavy atom. The number of hydrogen-bond donors (Lipinski definition) is 1. The molecule has 2 fully saturated rings. The topological polar surface area (TPSA) is 86.8 Å². The van der Waals surface area contributed by atoms with E-state index in [1.54, 1.807) is 48.5 Å². The summed E-state index contributed by atoms with van der Waals surface area (Å²) in [6.45, 7) is 5.64. The van der Waals surface area contributed by atoms with Crippen LogP contribution in [0.2, 0.25) is 0 Å². The molecule has 186 valence electrons. The van der Waals surface area contributed by atoms with E-state index in [0.29, 0.717) is 35.7 Å². The number of imide groups is 1. The summed E-state index contributed by atoms with van der Waals surface area (Å²) in [7, 11) is 0. The van der Waals surface area contributed by atoms with Crippen LogP contribution in [0.1, 0.15) is 60.2 Å². The minimum absolute atomic E-state index is 0.0434. The van der Waals surface area contributed by atoms with Crippen LogP contribution in [0, 0.1) is 17.8 Å². The van der Waals surface area contributed by atoms with E-state index < -0.39 is 5.91 Å². The van der Waals surface area contributed by atoms with Crippen molar-refractivity contribution in [2.45, 2.75) is 39.5 Å². The smallest absolute Gasteiger partial charge is 0.257 e. The van der Waals surface area contributed by atoms with Crippen LogP contribution in [0.5, 0.6) is 0 Å². The van der Waals surface area contributed by atoms with Crippen LogP contribution < -0.4 is 10.2 Å². The van der Waals surface area contributed by atoms with Gasteiger partial charge < -0.3 is 10.2 Å². The molecule has 2 heterocycles. The Bertz CT molecular complexity index is 1260. The van der Waals surface area contributed by atoms with Crippen LogP contribution in [0.15, 0.2) is 60.2 Å². The number of nitrogens with one attached hydrogen (secondary N) is 1. The van der Waals surface area contributed by atoms with Crippen molar-refractivity contribution in [2.75, 3.05) is 23.3 Å². The number of rotatable bonds is 4. The maximum Gasteiger partial charge on any atom is 0.257 e. The number of allylic oxidation sites excluding steroid dienone is 2. The molecule has 0 saturated carbocycles. The first-order valence-corrected chi connectivity index (χ1v) is 12.7. The van der Waals surface area contributed by atoms with Gasteiger partial charge in [-0.15, -0.1) is 0 Å². The minimum Gasteiger partial charge on any atom is -0.339 e. The molecular formula is C29H31N3O4. The lowest BCUT2D eigenvalue weighted by molar-refractivity contribution is -0.122. The van der Waals surface area contributed by atoms with Crippen molar-refractivity contribution >= 4 is 35.0 Å². The third kappa shape index (κ3) is 4.45. The van der Waals surface area contributed by atoms with Gasteiger partial charge in [-0.25, -0.2) is 4.90 Å². The number of hydrogen-bond acceptors (Lipinski definition) is 4. The monoisotopic (exact) mass is 485 g/mol. The number of anilines is 2. The highest BCUT2D eigenvalue weighted by Gasteiger charge is 2.49. The number of carbonyl (C=O) groups is 4. The molecule has 0 unspecified atom stereocenters. The summed E-state index contributed by atoms with van der Waals surface area (Å²) < 4.78 is 0. The van der Waals surface area contributed by atoms with Crippen LogP contribution >= 0.6 is 0 Å². The van der Waals surface area contributed by atoms with Gasteiger partial charge in [0.15, 0.2) is 0 Å². The van der Waals surface area contributed by atoms with Crippen LogP contribution in [-0.4, -0.2) is 41.6 Å². The van der Waals surface area contributed by atoms with E-state index in [-0.39, 0.29) is 35.1 Å². The van der Waals surface area contributed by atoms with Crippen LogP contribution in [0.25, 0.3) is 0 Å². The van der Waals surface area contributed by atoms with Gasteiger partial charge in [-0.3, -0.25) is 19.2 Å². The fraction of sp³-hybridized carbons (Fsp3) is 0.379. The molecule has 2 aromatic carbocycles. The van der Waals surface area contributed by atoms with E-state index >= 15 is 0 Å². The van der Waals surface area contributed by atoms with Gasteiger partial charge >= 0.3 is 0 Å². The Hall–Kier alpha value is -3.74. The molecule has 0 spiro atoms. The fourth-order valence-corrected chi connectivity index (χ4v) is 5.46. The summed E-state index contributed by atoms with van der Waals surface area (Å²) in [4.78, 5) is 55.8. The van der Waals surface area contributed by atoms with Crippen LogP contribution in [-0.2, 0) is 9.59 Å². The molecule has 7 nitrogen and oxygen atoms in total. The predicted octanol–water partition coefficient (Wildman–Crippen LogP) is 4.66. The minimum atomic E-state index is -0.438. The molecule has 0 radical (unpaired) electrons. The van der Waals surface area contributed by atoms with E-state index in [2.05, 4.69) is 12.2 Å². The van der Waals surface area contributed by atoms with Gasteiger partial charge in [0.1, 0.15) is 0 Å². The number of nitrogens with zero attached hydrogens (tertiary/aromatic N) is 2. The number of carbonyl (C=O) groups excluding carboxylic acids is 4. The molecule has 2 saturated heterocycles. The molecule has 2 aromatic rings. The van der Waals surface area contributed by atoms with Crippen molar-refractivity contribution in [3.8, 4) is 0 Å². The lowest BCUT2D eigenvalue weighted by Crippen LogP contribution is -2.37. The second-order valence-electron chi connectivity index (χ2n) is 10.2. The Balaban J connectivity index is 1.35. The zero-order valence-corrected chi connectivity index (χ0v) is 20.7. The van der Waals surface area contributed by atoms with Crippen molar-refractivity contribution < 1.29 is 19.2 Å². The number of fused-ring (bicyclic) bond motifs is 1. The van der Waals surface area contributed by atoms with Gasteiger partial charge in [-0.1, -0.05) is 36.8 Å². The molecule has 0 aromatic heterocycles. The maximum absolute atomic E-state index is 13.3. The number of benzene rings is 2. The molecule has 4 amide bonds. The van der Waals surface area contributed by atoms with Gasteiger partial charge in [0.05, 0.1) is 23.1 Å². The third-order valence-corrected chi connectivity index (χ3v) is 7.65. The van der Waals surface area contributed by atoms with Crippen molar-refractivity contribution in [3.63, 3.8) is 0 Å². The maximum atomic E-state index is 13.3. The second kappa shape index (κ2) is 9.72. The normalized spacial score (nSPS) is 22.3. The molecule has 1 aliphatic carbocycles. The zero-order chi connectivity index (χ0) is 25.4. The fourth-order valence-electron chi connectivity index (χ4n) is 5.46. The van der Waals surface area contributed by atoms with Crippen LogP contribution in [0.4, 0.5) is 11.4 Å². The average molecular weight is 486 g/mol. The summed E-state index contributed by atoms with van der Waals surface area (Å²) in [5.41, 5.74) is 2.65. The molecule has 5 rings (SSSR count). The number of para-hydroxylation sites is 1. The Morgan fingerprint density at radius 3 is 2.44 bits per heavy atom. The number of piperidine rings is 1. The summed E-state index contributed by atoms with van der Waals surface area (Å²) in [5.74, 6) is -1.11.